The van der Waals surface area contributed by atoms with Crippen LogP contribution in [0.1, 0.15) is 23.6 Å². The van der Waals surface area contributed by atoms with Crippen LogP contribution in [-0.4, -0.2) is 29.9 Å². The molecule has 0 N–H and O–H groups in total. The van der Waals surface area contributed by atoms with Gasteiger partial charge in [-0.25, -0.2) is 9.79 Å². The number of aliphatic imine (C=N–C) groups is 1. The Labute approximate surface area is 165 Å². The SMILES string of the molecule is COc1cc(/C=C2/N=C(c3ccc([N+](=O)[O-])c(C)c3)OC2=O)ccc1OC(C)=O. The summed E-state index contributed by atoms with van der Waals surface area (Å²) in [6, 6.07) is 9.09. The van der Waals surface area contributed by atoms with E-state index in [4.69, 9.17) is 14.2 Å². The summed E-state index contributed by atoms with van der Waals surface area (Å²) in [5.41, 5.74) is 1.48. The number of hydrogen-bond acceptors (Lipinski definition) is 8. The maximum absolute atomic E-state index is 12.2. The molecule has 0 unspecified atom stereocenters. The zero-order chi connectivity index (χ0) is 21.1. The molecule has 29 heavy (non-hydrogen) atoms. The Balaban J connectivity index is 1.91. The Kier molecular flexibility index (Phi) is 5.40. The second kappa shape index (κ2) is 7.93. The summed E-state index contributed by atoms with van der Waals surface area (Å²) >= 11 is 0. The van der Waals surface area contributed by atoms with Crippen LogP contribution < -0.4 is 9.47 Å². The van der Waals surface area contributed by atoms with E-state index in [0.29, 0.717) is 22.4 Å². The van der Waals surface area contributed by atoms with E-state index in [0.717, 1.165) is 0 Å². The highest BCUT2D eigenvalue weighted by Crippen LogP contribution is 2.30. The molecule has 148 valence electrons. The lowest BCUT2D eigenvalue weighted by Crippen LogP contribution is -2.06. The average molecular weight is 396 g/mol. The maximum atomic E-state index is 12.2. The average Bonchev–Trinajstić information content (AvgIpc) is 3.02. The van der Waals surface area contributed by atoms with E-state index < -0.39 is 16.9 Å². The molecule has 3 rings (SSSR count). The Hall–Kier alpha value is -4.01. The topological polar surface area (TPSA) is 117 Å². The van der Waals surface area contributed by atoms with Crippen LogP contribution in [0.15, 0.2) is 47.1 Å². The third kappa shape index (κ3) is 4.29. The van der Waals surface area contributed by atoms with Crippen molar-refractivity contribution in [2.75, 3.05) is 7.11 Å². The fourth-order valence-electron chi connectivity index (χ4n) is 2.70. The molecule has 0 atom stereocenters. The Morgan fingerprint density at radius 1 is 1.21 bits per heavy atom. The molecule has 9 heteroatoms. The molecular weight excluding hydrogens is 380 g/mol. The van der Waals surface area contributed by atoms with Crippen molar-refractivity contribution in [3.63, 3.8) is 0 Å². The van der Waals surface area contributed by atoms with Gasteiger partial charge >= 0.3 is 11.9 Å². The summed E-state index contributed by atoms with van der Waals surface area (Å²) in [4.78, 5) is 38.0. The summed E-state index contributed by atoms with van der Waals surface area (Å²) < 4.78 is 15.4. The van der Waals surface area contributed by atoms with Crippen molar-refractivity contribution in [3.8, 4) is 11.5 Å². The third-order valence-electron chi connectivity index (χ3n) is 4.01. The highest BCUT2D eigenvalue weighted by atomic mass is 16.6. The molecule has 0 spiro atoms. The van der Waals surface area contributed by atoms with Gasteiger partial charge in [0, 0.05) is 24.1 Å². The number of aryl methyl sites for hydroxylation is 1. The number of nitro benzene ring substituents is 1. The minimum atomic E-state index is -0.654. The van der Waals surface area contributed by atoms with Crippen molar-refractivity contribution in [2.24, 2.45) is 4.99 Å². The van der Waals surface area contributed by atoms with Gasteiger partial charge in [-0.1, -0.05) is 6.07 Å². The van der Waals surface area contributed by atoms with Crippen LogP contribution in [0, 0.1) is 17.0 Å². The van der Waals surface area contributed by atoms with Crippen molar-refractivity contribution in [1.82, 2.24) is 0 Å². The molecule has 2 aromatic rings. The molecular formula is C20H16N2O7. The third-order valence-corrected chi connectivity index (χ3v) is 4.01. The van der Waals surface area contributed by atoms with Gasteiger partial charge in [0.05, 0.1) is 12.0 Å². The molecule has 2 aromatic carbocycles. The van der Waals surface area contributed by atoms with Gasteiger partial charge in [0.2, 0.25) is 5.90 Å². The van der Waals surface area contributed by atoms with Gasteiger partial charge < -0.3 is 14.2 Å². The minimum Gasteiger partial charge on any atom is -0.493 e. The number of cyclic esters (lactones) is 1. The molecule has 1 aliphatic rings. The number of esters is 2. The van der Waals surface area contributed by atoms with E-state index in [2.05, 4.69) is 4.99 Å². The smallest absolute Gasteiger partial charge is 0.363 e. The van der Waals surface area contributed by atoms with E-state index in [-0.39, 0.29) is 23.0 Å². The lowest BCUT2D eigenvalue weighted by Gasteiger charge is -2.08. The maximum Gasteiger partial charge on any atom is 0.363 e. The summed E-state index contributed by atoms with van der Waals surface area (Å²) in [7, 11) is 1.43. The van der Waals surface area contributed by atoms with E-state index >= 15 is 0 Å². The second-order valence-corrected chi connectivity index (χ2v) is 6.10. The van der Waals surface area contributed by atoms with Crippen molar-refractivity contribution in [3.05, 3.63) is 68.9 Å². The van der Waals surface area contributed by atoms with Crippen LogP contribution in [0.5, 0.6) is 11.5 Å². The van der Waals surface area contributed by atoms with Crippen LogP contribution in [0.2, 0.25) is 0 Å². The molecule has 0 radical (unpaired) electrons. The monoisotopic (exact) mass is 396 g/mol. The standard InChI is InChI=1S/C20H16N2O7/c1-11-8-14(5-6-16(11)22(25)26)19-21-15(20(24)29-19)9-13-4-7-17(28-12(2)23)18(10-13)27-3/h4-10H,1-3H3/b15-9+. The first-order valence-corrected chi connectivity index (χ1v) is 8.43. The van der Waals surface area contributed by atoms with E-state index in [1.807, 2.05) is 0 Å². The van der Waals surface area contributed by atoms with Crippen LogP contribution in [-0.2, 0) is 14.3 Å². The summed E-state index contributed by atoms with van der Waals surface area (Å²) in [5, 5.41) is 10.9. The fourth-order valence-corrected chi connectivity index (χ4v) is 2.70. The van der Waals surface area contributed by atoms with Crippen LogP contribution in [0.4, 0.5) is 5.69 Å². The minimum absolute atomic E-state index is 0.0330. The number of carbonyl (C=O) groups is 2. The molecule has 0 bridgehead atoms. The summed E-state index contributed by atoms with van der Waals surface area (Å²) in [6.07, 6.45) is 1.49. The number of methoxy groups -OCH3 is 1. The molecule has 0 saturated carbocycles. The van der Waals surface area contributed by atoms with Crippen molar-refractivity contribution in [1.29, 1.82) is 0 Å². The molecule has 0 fully saturated rings. The number of rotatable bonds is 5. The van der Waals surface area contributed by atoms with E-state index in [9.17, 15) is 19.7 Å². The number of carbonyl (C=O) groups excluding carboxylic acids is 2. The van der Waals surface area contributed by atoms with Crippen LogP contribution in [0.25, 0.3) is 6.08 Å². The van der Waals surface area contributed by atoms with Gasteiger partial charge in [0.15, 0.2) is 17.2 Å². The first-order valence-electron chi connectivity index (χ1n) is 8.43. The lowest BCUT2D eigenvalue weighted by molar-refractivity contribution is -0.385. The quantitative estimate of drug-likeness (QED) is 0.250. The zero-order valence-electron chi connectivity index (χ0n) is 15.8. The number of ether oxygens (including phenoxy) is 3. The molecule has 9 nitrogen and oxygen atoms in total. The van der Waals surface area contributed by atoms with Gasteiger partial charge in [-0.3, -0.25) is 14.9 Å². The Morgan fingerprint density at radius 3 is 2.59 bits per heavy atom. The van der Waals surface area contributed by atoms with Crippen molar-refractivity contribution in [2.45, 2.75) is 13.8 Å². The highest BCUT2D eigenvalue weighted by molar-refractivity contribution is 6.13. The molecule has 0 amide bonds. The second-order valence-electron chi connectivity index (χ2n) is 6.10. The summed E-state index contributed by atoms with van der Waals surface area (Å²) in [5.74, 6) is -0.513. The van der Waals surface area contributed by atoms with Crippen LogP contribution in [0.3, 0.4) is 0 Å². The number of hydrogen-bond donors (Lipinski definition) is 0. The van der Waals surface area contributed by atoms with Crippen molar-refractivity contribution >= 4 is 29.6 Å². The molecule has 0 saturated heterocycles. The van der Waals surface area contributed by atoms with Gasteiger partial charge in [0.1, 0.15) is 0 Å². The normalized spacial score (nSPS) is 14.4. The largest absolute Gasteiger partial charge is 0.493 e. The van der Waals surface area contributed by atoms with Gasteiger partial charge in [-0.15, -0.1) is 0 Å². The molecule has 1 heterocycles. The van der Waals surface area contributed by atoms with Gasteiger partial charge in [-0.05, 0) is 42.8 Å². The van der Waals surface area contributed by atoms with Crippen molar-refractivity contribution < 1.29 is 28.7 Å². The van der Waals surface area contributed by atoms with E-state index in [1.165, 1.54) is 44.4 Å². The van der Waals surface area contributed by atoms with Gasteiger partial charge in [0.25, 0.3) is 5.69 Å². The highest BCUT2D eigenvalue weighted by Gasteiger charge is 2.25. The molecule has 0 aromatic heterocycles. The Bertz CT molecular complexity index is 1090. The predicted octanol–water partition coefficient (Wildman–Crippen LogP) is 3.18. The first-order chi connectivity index (χ1) is 13.8. The van der Waals surface area contributed by atoms with E-state index in [1.54, 1.807) is 19.1 Å². The zero-order valence-corrected chi connectivity index (χ0v) is 15.8. The lowest BCUT2D eigenvalue weighted by atomic mass is 10.1. The number of nitro groups is 1. The van der Waals surface area contributed by atoms with Crippen LogP contribution >= 0.6 is 0 Å². The molecule has 1 aliphatic heterocycles. The van der Waals surface area contributed by atoms with Gasteiger partial charge in [-0.2, -0.15) is 0 Å². The predicted molar refractivity (Wildman–Crippen MR) is 103 cm³/mol. The molecule has 0 aliphatic carbocycles. The Morgan fingerprint density at radius 2 is 1.97 bits per heavy atom. The number of nitrogens with zero attached hydrogens (tertiary/aromatic N) is 2. The fraction of sp³-hybridized carbons (Fsp3) is 0.150. The first kappa shape index (κ1) is 19.7. The number of benzene rings is 2. The summed E-state index contributed by atoms with van der Waals surface area (Å²) in [6.45, 7) is 2.87.